The molecule has 0 bridgehead atoms. The zero-order chi connectivity index (χ0) is 32.9. The molecule has 240 valence electrons. The van der Waals surface area contributed by atoms with E-state index < -0.39 is 52.2 Å². The molecule has 2 saturated carbocycles. The van der Waals surface area contributed by atoms with Crippen molar-refractivity contribution >= 4 is 24.0 Å². The molecule has 10 heteroatoms. The number of rotatable bonds is 6. The largest absolute Gasteiger partial charge is 0.478 e. The van der Waals surface area contributed by atoms with Crippen molar-refractivity contribution in [3.8, 4) is 17.1 Å². The van der Waals surface area contributed by atoms with Gasteiger partial charge in [-0.25, -0.2) is 9.59 Å². The highest BCUT2D eigenvalue weighted by Crippen LogP contribution is 2.65. The number of hydrogen-bond acceptors (Lipinski definition) is 10. The number of nitrogens with zero attached hydrogens (tertiary/aromatic N) is 1. The summed E-state index contributed by atoms with van der Waals surface area (Å²) in [6, 6.07) is 13.9. The maximum absolute atomic E-state index is 13.6. The van der Waals surface area contributed by atoms with Gasteiger partial charge < -0.3 is 23.4 Å². The summed E-state index contributed by atoms with van der Waals surface area (Å²) in [5, 5.41) is 0. The van der Waals surface area contributed by atoms with E-state index in [4.69, 9.17) is 23.4 Å². The van der Waals surface area contributed by atoms with Crippen LogP contribution in [0.4, 0.5) is 0 Å². The molecule has 10 nitrogen and oxygen atoms in total. The highest BCUT2D eigenvalue weighted by Gasteiger charge is 2.66. The van der Waals surface area contributed by atoms with E-state index in [1.807, 2.05) is 26.0 Å². The van der Waals surface area contributed by atoms with E-state index in [1.165, 1.54) is 13.8 Å². The van der Waals surface area contributed by atoms with Crippen molar-refractivity contribution in [1.29, 1.82) is 0 Å². The average Bonchev–Trinajstić information content (AvgIpc) is 3.02. The van der Waals surface area contributed by atoms with Crippen LogP contribution in [0.5, 0.6) is 5.75 Å². The Morgan fingerprint density at radius 3 is 2.41 bits per heavy atom. The van der Waals surface area contributed by atoms with Crippen molar-refractivity contribution in [2.75, 3.05) is 6.61 Å². The monoisotopic (exact) mass is 627 g/mol. The molecule has 6 atom stereocenters. The van der Waals surface area contributed by atoms with Gasteiger partial charge in [0.05, 0.1) is 5.56 Å². The van der Waals surface area contributed by atoms with Crippen molar-refractivity contribution in [1.82, 2.24) is 4.98 Å². The Balaban J connectivity index is 1.51. The third kappa shape index (κ3) is 5.29. The number of pyridine rings is 1. The van der Waals surface area contributed by atoms with E-state index in [-0.39, 0.29) is 18.1 Å². The van der Waals surface area contributed by atoms with Gasteiger partial charge in [0, 0.05) is 43.3 Å². The summed E-state index contributed by atoms with van der Waals surface area (Å²) < 4.78 is 30.3. The summed E-state index contributed by atoms with van der Waals surface area (Å²) in [5.41, 5.74) is -1.26. The summed E-state index contributed by atoms with van der Waals surface area (Å²) in [5.74, 6) is -1.14. The first-order chi connectivity index (χ1) is 21.8. The van der Waals surface area contributed by atoms with Crippen LogP contribution in [0, 0.1) is 16.7 Å². The number of carbonyl (C=O) groups is 3. The third-order valence-electron chi connectivity index (χ3n) is 10.1. The van der Waals surface area contributed by atoms with Crippen molar-refractivity contribution in [2.45, 2.75) is 71.7 Å². The van der Waals surface area contributed by atoms with Crippen LogP contribution < -0.4 is 10.4 Å². The van der Waals surface area contributed by atoms with Crippen LogP contribution in [-0.4, -0.2) is 47.3 Å². The quantitative estimate of drug-likeness (QED) is 0.245. The van der Waals surface area contributed by atoms with Crippen molar-refractivity contribution in [2.24, 2.45) is 16.7 Å². The lowest BCUT2D eigenvalue weighted by atomic mass is 9.45. The number of ether oxygens (including phenoxy) is 4. The lowest BCUT2D eigenvalue weighted by molar-refractivity contribution is -0.197. The van der Waals surface area contributed by atoms with Crippen LogP contribution in [0.15, 0.2) is 75.7 Å². The van der Waals surface area contributed by atoms with Gasteiger partial charge in [-0.1, -0.05) is 32.0 Å². The normalized spacial score (nSPS) is 29.5. The van der Waals surface area contributed by atoms with Gasteiger partial charge in [0.25, 0.3) is 0 Å². The van der Waals surface area contributed by atoms with Gasteiger partial charge in [0.2, 0.25) is 0 Å². The third-order valence-corrected chi connectivity index (χ3v) is 10.1. The van der Waals surface area contributed by atoms with E-state index in [0.29, 0.717) is 41.9 Å². The molecule has 0 N–H and O–H groups in total. The van der Waals surface area contributed by atoms with Gasteiger partial charge >= 0.3 is 23.5 Å². The van der Waals surface area contributed by atoms with Gasteiger partial charge in [0.15, 0.2) is 5.60 Å². The van der Waals surface area contributed by atoms with Gasteiger partial charge in [-0.2, -0.15) is 0 Å². The fourth-order valence-corrected chi connectivity index (χ4v) is 7.84. The highest BCUT2D eigenvalue weighted by molar-refractivity contribution is 5.89. The minimum Gasteiger partial charge on any atom is -0.478 e. The zero-order valence-electron chi connectivity index (χ0n) is 26.5. The number of benzene rings is 1. The molecule has 1 aromatic carbocycles. The topological polar surface area (TPSA) is 131 Å². The Bertz CT molecular complexity index is 1770. The molecule has 46 heavy (non-hydrogen) atoms. The Labute approximate surface area is 266 Å². The minimum absolute atomic E-state index is 0.0159. The van der Waals surface area contributed by atoms with E-state index in [1.54, 1.807) is 54.9 Å². The Hall–Kier alpha value is -4.73. The first kappa shape index (κ1) is 31.3. The fraction of sp³-hybridized carbons (Fsp3) is 0.417. The number of fused-ring (bicyclic) bond motifs is 4. The SMILES string of the molecule is CC(=O)OC[C@@]1(C)C2C[C@H](OC(=O)c3ccccc3)[C@@]3(C)Oc4cc(-c5cccnc5)oc(=O)c4C=C3[C@@]2(C)CC[C@@H]1OC(C)=O. The Morgan fingerprint density at radius 1 is 0.978 bits per heavy atom. The predicted molar refractivity (Wildman–Crippen MR) is 167 cm³/mol. The van der Waals surface area contributed by atoms with Crippen LogP contribution in [0.1, 0.15) is 69.8 Å². The molecule has 0 amide bonds. The molecule has 3 heterocycles. The maximum Gasteiger partial charge on any atom is 0.347 e. The molecular weight excluding hydrogens is 590 g/mol. The molecule has 0 spiro atoms. The van der Waals surface area contributed by atoms with Crippen LogP contribution in [0.2, 0.25) is 0 Å². The Kier molecular flexibility index (Phi) is 7.86. The van der Waals surface area contributed by atoms with Crippen LogP contribution in [0.25, 0.3) is 17.4 Å². The fourth-order valence-electron chi connectivity index (χ4n) is 7.84. The molecule has 1 unspecified atom stereocenters. The minimum atomic E-state index is -1.18. The lowest BCUT2D eigenvalue weighted by Gasteiger charge is -2.63. The van der Waals surface area contributed by atoms with Crippen molar-refractivity contribution in [3.63, 3.8) is 0 Å². The molecule has 3 aromatic rings. The van der Waals surface area contributed by atoms with E-state index in [9.17, 15) is 19.2 Å². The molecule has 0 saturated heterocycles. The van der Waals surface area contributed by atoms with E-state index >= 15 is 0 Å². The first-order valence-electron chi connectivity index (χ1n) is 15.4. The smallest absolute Gasteiger partial charge is 0.347 e. The average molecular weight is 628 g/mol. The van der Waals surface area contributed by atoms with Gasteiger partial charge in [0.1, 0.15) is 35.9 Å². The number of aromatic nitrogens is 1. The van der Waals surface area contributed by atoms with Gasteiger partial charge in [-0.05, 0) is 73.4 Å². The second-order valence-corrected chi connectivity index (χ2v) is 13.1. The Morgan fingerprint density at radius 2 is 1.74 bits per heavy atom. The summed E-state index contributed by atoms with van der Waals surface area (Å²) in [6.07, 6.45) is 5.00. The predicted octanol–water partition coefficient (Wildman–Crippen LogP) is 5.78. The molecule has 6 rings (SSSR count). The summed E-state index contributed by atoms with van der Waals surface area (Å²) in [4.78, 5) is 55.6. The van der Waals surface area contributed by atoms with Gasteiger partial charge in [-0.15, -0.1) is 0 Å². The van der Waals surface area contributed by atoms with E-state index in [2.05, 4.69) is 11.9 Å². The molecule has 2 aromatic heterocycles. The zero-order valence-corrected chi connectivity index (χ0v) is 26.5. The number of hydrogen-bond donors (Lipinski definition) is 0. The summed E-state index contributed by atoms with van der Waals surface area (Å²) >= 11 is 0. The van der Waals surface area contributed by atoms with Crippen LogP contribution in [0.3, 0.4) is 0 Å². The second kappa shape index (κ2) is 11.6. The van der Waals surface area contributed by atoms with Crippen molar-refractivity contribution < 1.29 is 37.7 Å². The molecule has 0 radical (unpaired) electrons. The van der Waals surface area contributed by atoms with Crippen molar-refractivity contribution in [3.05, 3.63) is 88.0 Å². The first-order valence-corrected chi connectivity index (χ1v) is 15.4. The highest BCUT2D eigenvalue weighted by atomic mass is 16.6. The maximum atomic E-state index is 13.6. The molecule has 2 fully saturated rings. The molecule has 2 aliphatic carbocycles. The van der Waals surface area contributed by atoms with Crippen LogP contribution in [-0.2, 0) is 23.8 Å². The summed E-state index contributed by atoms with van der Waals surface area (Å²) in [6.45, 7) is 8.59. The van der Waals surface area contributed by atoms with Gasteiger partial charge in [-0.3, -0.25) is 14.6 Å². The standard InChI is InChI=1S/C36H37NO9/c1-21(38)42-20-35(4)28-18-31(45-32(40)23-10-7-6-8-11-23)36(5)29(34(28,3)14-13-30(35)43-22(2)39)16-25-27(46-36)17-26(44-33(25)41)24-12-9-15-37-19-24/h6-12,15-17,19,28,30-31H,13-14,18,20H2,1-5H3/t28?,30-,31-,34-,35-,36-/m0/s1. The number of esters is 3. The molecule has 1 aliphatic heterocycles. The number of carbonyl (C=O) groups excluding carboxylic acids is 3. The summed E-state index contributed by atoms with van der Waals surface area (Å²) in [7, 11) is 0. The molecular formula is C36H37NO9. The second-order valence-electron chi connectivity index (χ2n) is 13.1. The lowest BCUT2D eigenvalue weighted by Crippen LogP contribution is -2.66. The van der Waals surface area contributed by atoms with E-state index in [0.717, 1.165) is 5.57 Å². The molecule has 3 aliphatic rings. The van der Waals surface area contributed by atoms with Crippen LogP contribution >= 0.6 is 0 Å².